The summed E-state index contributed by atoms with van der Waals surface area (Å²) in [6.45, 7) is 5.99. The number of hydrogen-bond donors (Lipinski definition) is 1. The molecule has 0 radical (unpaired) electrons. The van der Waals surface area contributed by atoms with Gasteiger partial charge >= 0.3 is 0 Å². The van der Waals surface area contributed by atoms with Gasteiger partial charge in [-0.05, 0) is 86.1 Å². The lowest BCUT2D eigenvalue weighted by molar-refractivity contribution is 0.0674. The molecule has 1 amide bonds. The number of benzene rings is 2. The SMILES string of the molecule is O=C1c2ccc(C3CCN(Cc4ccnc5ccccc45)CC3)cc2CN1C1CCCNC1. The molecule has 5 nitrogen and oxygen atoms in total. The van der Waals surface area contributed by atoms with Crippen LogP contribution in [-0.2, 0) is 13.1 Å². The molecule has 33 heavy (non-hydrogen) atoms. The summed E-state index contributed by atoms with van der Waals surface area (Å²) in [5.74, 6) is 0.811. The maximum absolute atomic E-state index is 13.0. The molecule has 6 rings (SSSR count). The van der Waals surface area contributed by atoms with Crippen molar-refractivity contribution in [2.24, 2.45) is 0 Å². The highest BCUT2D eigenvalue weighted by atomic mass is 16.2. The molecule has 0 aliphatic carbocycles. The molecule has 2 aromatic carbocycles. The summed E-state index contributed by atoms with van der Waals surface area (Å²) in [7, 11) is 0. The molecule has 1 unspecified atom stereocenters. The lowest BCUT2D eigenvalue weighted by Crippen LogP contribution is -2.46. The second-order valence-electron chi connectivity index (χ2n) is 9.89. The molecule has 2 saturated heterocycles. The van der Waals surface area contributed by atoms with Gasteiger partial charge in [-0.15, -0.1) is 0 Å². The minimum absolute atomic E-state index is 0.227. The number of nitrogens with one attached hydrogen (secondary N) is 1. The van der Waals surface area contributed by atoms with E-state index in [1.165, 1.54) is 34.9 Å². The molecular weight excluding hydrogens is 408 g/mol. The van der Waals surface area contributed by atoms with E-state index >= 15 is 0 Å². The van der Waals surface area contributed by atoms with Gasteiger partial charge < -0.3 is 10.2 Å². The standard InChI is InChI=1S/C28H32N4O/c33-28-26-8-7-21(16-23(26)19-32(28)24-4-3-12-29-17-24)20-10-14-31(15-11-20)18-22-9-13-30-27-6-2-1-5-25(22)27/h1-2,5-9,13,16,20,24,29H,3-4,10-12,14-15,17-19H2. The fourth-order valence-corrected chi connectivity index (χ4v) is 5.97. The predicted octanol–water partition coefficient (Wildman–Crippen LogP) is 4.32. The van der Waals surface area contributed by atoms with E-state index in [2.05, 4.69) is 68.6 Å². The largest absolute Gasteiger partial charge is 0.330 e. The molecule has 3 aliphatic heterocycles. The van der Waals surface area contributed by atoms with Crippen molar-refractivity contribution >= 4 is 16.8 Å². The van der Waals surface area contributed by atoms with E-state index in [9.17, 15) is 4.79 Å². The van der Waals surface area contributed by atoms with Crippen LogP contribution < -0.4 is 5.32 Å². The summed E-state index contributed by atoms with van der Waals surface area (Å²) in [4.78, 5) is 22.2. The van der Waals surface area contributed by atoms with E-state index in [1.807, 2.05) is 6.20 Å². The average Bonchev–Trinajstić information content (AvgIpc) is 3.21. The van der Waals surface area contributed by atoms with Gasteiger partial charge in [0.25, 0.3) is 5.91 Å². The number of pyridine rings is 1. The number of aromatic nitrogens is 1. The van der Waals surface area contributed by atoms with Crippen LogP contribution in [0.1, 0.15) is 58.6 Å². The van der Waals surface area contributed by atoms with Gasteiger partial charge in [-0.3, -0.25) is 14.7 Å². The van der Waals surface area contributed by atoms with Crippen LogP contribution in [0.15, 0.2) is 54.7 Å². The van der Waals surface area contributed by atoms with Crippen molar-refractivity contribution in [1.82, 2.24) is 20.1 Å². The molecule has 0 bridgehead atoms. The first-order chi connectivity index (χ1) is 16.3. The highest BCUT2D eigenvalue weighted by molar-refractivity contribution is 5.98. The molecule has 1 aromatic heterocycles. The Labute approximate surface area is 195 Å². The third-order valence-electron chi connectivity index (χ3n) is 7.87. The Kier molecular flexibility index (Phi) is 5.60. The first-order valence-corrected chi connectivity index (χ1v) is 12.5. The summed E-state index contributed by atoms with van der Waals surface area (Å²) in [5, 5.41) is 4.72. The Morgan fingerprint density at radius 1 is 1.03 bits per heavy atom. The van der Waals surface area contributed by atoms with Crippen LogP contribution in [0.2, 0.25) is 0 Å². The van der Waals surface area contributed by atoms with Crippen molar-refractivity contribution in [3.05, 3.63) is 77.0 Å². The van der Waals surface area contributed by atoms with E-state index in [0.29, 0.717) is 12.0 Å². The quantitative estimate of drug-likeness (QED) is 0.656. The van der Waals surface area contributed by atoms with Gasteiger partial charge in [0.05, 0.1) is 5.52 Å². The van der Waals surface area contributed by atoms with E-state index in [1.54, 1.807) is 0 Å². The van der Waals surface area contributed by atoms with Crippen LogP contribution in [0, 0.1) is 0 Å². The second kappa shape index (κ2) is 8.88. The fourth-order valence-electron chi connectivity index (χ4n) is 5.97. The van der Waals surface area contributed by atoms with Crippen molar-refractivity contribution in [2.45, 2.75) is 50.7 Å². The Hall–Kier alpha value is -2.76. The first-order valence-electron chi connectivity index (χ1n) is 12.5. The number of amides is 1. The van der Waals surface area contributed by atoms with E-state index in [0.717, 1.165) is 63.2 Å². The third-order valence-corrected chi connectivity index (χ3v) is 7.87. The molecule has 5 heteroatoms. The monoisotopic (exact) mass is 440 g/mol. The number of fused-ring (bicyclic) bond motifs is 2. The van der Waals surface area contributed by atoms with Gasteiger partial charge in [0.2, 0.25) is 0 Å². The van der Waals surface area contributed by atoms with Crippen LogP contribution in [0.25, 0.3) is 10.9 Å². The number of para-hydroxylation sites is 1. The summed E-state index contributed by atoms with van der Waals surface area (Å²) in [5.41, 5.74) is 6.02. The Bertz CT molecular complexity index is 1160. The molecule has 3 aromatic rings. The van der Waals surface area contributed by atoms with Gasteiger partial charge in [0, 0.05) is 42.8 Å². The maximum Gasteiger partial charge on any atom is 0.254 e. The summed E-state index contributed by atoms with van der Waals surface area (Å²) < 4.78 is 0. The Morgan fingerprint density at radius 3 is 2.76 bits per heavy atom. The minimum atomic E-state index is 0.227. The number of carbonyl (C=O) groups excluding carboxylic acids is 1. The maximum atomic E-state index is 13.0. The second-order valence-corrected chi connectivity index (χ2v) is 9.89. The third kappa shape index (κ3) is 4.04. The van der Waals surface area contributed by atoms with Crippen LogP contribution in [-0.4, -0.2) is 52.9 Å². The van der Waals surface area contributed by atoms with E-state index in [4.69, 9.17) is 0 Å². The zero-order chi connectivity index (χ0) is 22.2. The molecule has 170 valence electrons. The zero-order valence-electron chi connectivity index (χ0n) is 19.2. The highest BCUT2D eigenvalue weighted by Crippen LogP contribution is 2.34. The molecular formula is C28H32N4O. The number of likely N-dealkylation sites (tertiary alicyclic amines) is 1. The van der Waals surface area contributed by atoms with Crippen molar-refractivity contribution in [3.8, 4) is 0 Å². The number of rotatable bonds is 4. The molecule has 1 N–H and O–H groups in total. The highest BCUT2D eigenvalue weighted by Gasteiger charge is 2.34. The zero-order valence-corrected chi connectivity index (χ0v) is 19.2. The van der Waals surface area contributed by atoms with Crippen LogP contribution in [0.5, 0.6) is 0 Å². The Balaban J connectivity index is 1.11. The topological polar surface area (TPSA) is 48.5 Å². The minimum Gasteiger partial charge on any atom is -0.330 e. The normalized spacial score (nSPS) is 22.1. The van der Waals surface area contributed by atoms with Gasteiger partial charge in [-0.25, -0.2) is 0 Å². The van der Waals surface area contributed by atoms with Crippen molar-refractivity contribution in [3.63, 3.8) is 0 Å². The van der Waals surface area contributed by atoms with Crippen LogP contribution >= 0.6 is 0 Å². The number of nitrogens with zero attached hydrogens (tertiary/aromatic N) is 3. The van der Waals surface area contributed by atoms with Gasteiger partial charge in [-0.1, -0.05) is 30.3 Å². The molecule has 1 atom stereocenters. The smallest absolute Gasteiger partial charge is 0.254 e. The van der Waals surface area contributed by atoms with E-state index < -0.39 is 0 Å². The number of carbonyl (C=O) groups is 1. The van der Waals surface area contributed by atoms with Crippen molar-refractivity contribution < 1.29 is 4.79 Å². The summed E-state index contributed by atoms with van der Waals surface area (Å²) in [6.07, 6.45) is 6.55. The fraction of sp³-hybridized carbons (Fsp3) is 0.429. The lowest BCUT2D eigenvalue weighted by atomic mass is 9.87. The van der Waals surface area contributed by atoms with Crippen LogP contribution in [0.3, 0.4) is 0 Å². The van der Waals surface area contributed by atoms with Crippen LogP contribution in [0.4, 0.5) is 0 Å². The predicted molar refractivity (Wildman–Crippen MR) is 131 cm³/mol. The van der Waals surface area contributed by atoms with E-state index in [-0.39, 0.29) is 5.91 Å². The van der Waals surface area contributed by atoms with Gasteiger partial charge in [0.1, 0.15) is 0 Å². The molecule has 2 fully saturated rings. The molecule has 3 aliphatic rings. The van der Waals surface area contributed by atoms with Crippen molar-refractivity contribution in [2.75, 3.05) is 26.2 Å². The first kappa shape index (κ1) is 20.8. The molecule has 0 spiro atoms. The van der Waals surface area contributed by atoms with Gasteiger partial charge in [0.15, 0.2) is 0 Å². The summed E-state index contributed by atoms with van der Waals surface area (Å²) in [6, 6.07) is 17.6. The lowest BCUT2D eigenvalue weighted by Gasteiger charge is -2.32. The molecule has 0 saturated carbocycles. The number of hydrogen-bond acceptors (Lipinski definition) is 4. The average molecular weight is 441 g/mol. The van der Waals surface area contributed by atoms with Gasteiger partial charge in [-0.2, -0.15) is 0 Å². The summed E-state index contributed by atoms with van der Waals surface area (Å²) >= 11 is 0. The number of piperidine rings is 2. The Morgan fingerprint density at radius 2 is 1.91 bits per heavy atom. The molecule has 4 heterocycles. The van der Waals surface area contributed by atoms with Crippen molar-refractivity contribution in [1.29, 1.82) is 0 Å².